The van der Waals surface area contributed by atoms with Crippen molar-refractivity contribution in [2.24, 2.45) is 0 Å². The number of nitrogens with zero attached hydrogens (tertiary/aromatic N) is 1. The molecule has 1 atom stereocenters. The molecular weight excluding hydrogens is 214 g/mol. The predicted molar refractivity (Wildman–Crippen MR) is 68.4 cm³/mol. The van der Waals surface area contributed by atoms with Gasteiger partial charge in [0.15, 0.2) is 0 Å². The number of nitrogen functional groups attached to an aromatic ring is 1. The van der Waals surface area contributed by atoms with Gasteiger partial charge < -0.3 is 16.0 Å². The quantitative estimate of drug-likeness (QED) is 0.765. The van der Waals surface area contributed by atoms with Gasteiger partial charge in [0, 0.05) is 38.3 Å². The number of hydrogen-bond acceptors (Lipinski definition) is 3. The average Bonchev–Trinajstić information content (AvgIpc) is 2.32. The Bertz CT molecular complexity index is 405. The first kappa shape index (κ1) is 11.9. The zero-order chi connectivity index (χ0) is 12.3. The SMILES string of the molecule is CN1CC(NCc2ccccc2N)CCC1=O. The molecule has 4 nitrogen and oxygen atoms in total. The van der Waals surface area contributed by atoms with E-state index in [9.17, 15) is 4.79 Å². The van der Waals surface area contributed by atoms with E-state index >= 15 is 0 Å². The number of benzene rings is 1. The lowest BCUT2D eigenvalue weighted by atomic mass is 10.1. The zero-order valence-corrected chi connectivity index (χ0v) is 10.1. The molecule has 2 rings (SSSR count). The third kappa shape index (κ3) is 2.97. The van der Waals surface area contributed by atoms with Gasteiger partial charge in [-0.3, -0.25) is 4.79 Å². The van der Waals surface area contributed by atoms with Crippen LogP contribution >= 0.6 is 0 Å². The molecular formula is C13H19N3O. The third-order valence-corrected chi connectivity index (χ3v) is 3.26. The molecule has 1 heterocycles. The second-order valence-corrected chi connectivity index (χ2v) is 4.59. The molecule has 0 spiro atoms. The highest BCUT2D eigenvalue weighted by Crippen LogP contribution is 2.13. The van der Waals surface area contributed by atoms with E-state index in [1.807, 2.05) is 31.3 Å². The Kier molecular flexibility index (Phi) is 3.64. The van der Waals surface area contributed by atoms with Gasteiger partial charge in [0.05, 0.1) is 0 Å². The fourth-order valence-corrected chi connectivity index (χ4v) is 2.13. The van der Waals surface area contributed by atoms with Crippen LogP contribution in [0.2, 0.25) is 0 Å². The van der Waals surface area contributed by atoms with Crippen molar-refractivity contribution in [2.45, 2.75) is 25.4 Å². The van der Waals surface area contributed by atoms with Gasteiger partial charge in [0.25, 0.3) is 0 Å². The zero-order valence-electron chi connectivity index (χ0n) is 10.1. The molecule has 0 aromatic heterocycles. The van der Waals surface area contributed by atoms with E-state index in [4.69, 9.17) is 5.73 Å². The number of likely N-dealkylation sites (N-methyl/N-ethyl adjacent to an activating group) is 1. The summed E-state index contributed by atoms with van der Waals surface area (Å²) in [4.78, 5) is 13.1. The number of anilines is 1. The minimum atomic E-state index is 0.238. The second kappa shape index (κ2) is 5.19. The fourth-order valence-electron chi connectivity index (χ4n) is 2.13. The highest BCUT2D eigenvalue weighted by molar-refractivity contribution is 5.76. The summed E-state index contributed by atoms with van der Waals surface area (Å²) in [6.07, 6.45) is 1.55. The molecule has 1 aromatic rings. The minimum absolute atomic E-state index is 0.238. The van der Waals surface area contributed by atoms with Gasteiger partial charge >= 0.3 is 0 Å². The molecule has 3 N–H and O–H groups in total. The third-order valence-electron chi connectivity index (χ3n) is 3.26. The summed E-state index contributed by atoms with van der Waals surface area (Å²) in [5.41, 5.74) is 7.82. The van der Waals surface area contributed by atoms with Crippen molar-refractivity contribution in [1.82, 2.24) is 10.2 Å². The van der Waals surface area contributed by atoms with Crippen LogP contribution in [0.3, 0.4) is 0 Å². The van der Waals surface area contributed by atoms with Crippen LogP contribution in [0, 0.1) is 0 Å². The highest BCUT2D eigenvalue weighted by atomic mass is 16.2. The van der Waals surface area contributed by atoms with Crippen molar-refractivity contribution in [3.05, 3.63) is 29.8 Å². The lowest BCUT2D eigenvalue weighted by molar-refractivity contribution is -0.132. The number of para-hydroxylation sites is 1. The molecule has 1 aromatic carbocycles. The Morgan fingerprint density at radius 1 is 1.47 bits per heavy atom. The van der Waals surface area contributed by atoms with E-state index in [0.29, 0.717) is 12.5 Å². The molecule has 1 amide bonds. The molecule has 0 aliphatic carbocycles. The van der Waals surface area contributed by atoms with Crippen LogP contribution in [0.1, 0.15) is 18.4 Å². The van der Waals surface area contributed by atoms with E-state index in [1.165, 1.54) is 0 Å². The minimum Gasteiger partial charge on any atom is -0.398 e. The molecule has 1 fully saturated rings. The lowest BCUT2D eigenvalue weighted by Crippen LogP contribution is -2.46. The number of piperidine rings is 1. The molecule has 0 bridgehead atoms. The molecule has 1 aliphatic heterocycles. The van der Waals surface area contributed by atoms with Crippen molar-refractivity contribution in [3.63, 3.8) is 0 Å². The number of nitrogens with two attached hydrogens (primary N) is 1. The monoisotopic (exact) mass is 233 g/mol. The molecule has 1 saturated heterocycles. The highest BCUT2D eigenvalue weighted by Gasteiger charge is 2.22. The van der Waals surface area contributed by atoms with Crippen molar-refractivity contribution in [2.75, 3.05) is 19.3 Å². The van der Waals surface area contributed by atoms with E-state index in [1.54, 1.807) is 4.90 Å². The fraction of sp³-hybridized carbons (Fsp3) is 0.462. The summed E-state index contributed by atoms with van der Waals surface area (Å²) in [6, 6.07) is 8.24. The molecule has 0 saturated carbocycles. The van der Waals surface area contributed by atoms with Gasteiger partial charge in [-0.2, -0.15) is 0 Å². The van der Waals surface area contributed by atoms with Crippen molar-refractivity contribution >= 4 is 11.6 Å². The van der Waals surface area contributed by atoms with Gasteiger partial charge in [0.1, 0.15) is 0 Å². The predicted octanol–water partition coefficient (Wildman–Crippen LogP) is 0.979. The largest absolute Gasteiger partial charge is 0.398 e. The van der Waals surface area contributed by atoms with Crippen LogP contribution in [0.4, 0.5) is 5.69 Å². The molecule has 1 aliphatic rings. The lowest BCUT2D eigenvalue weighted by Gasteiger charge is -2.30. The van der Waals surface area contributed by atoms with Gasteiger partial charge in [-0.25, -0.2) is 0 Å². The van der Waals surface area contributed by atoms with Crippen molar-refractivity contribution < 1.29 is 4.79 Å². The van der Waals surface area contributed by atoms with E-state index < -0.39 is 0 Å². The van der Waals surface area contributed by atoms with Gasteiger partial charge in [-0.15, -0.1) is 0 Å². The van der Waals surface area contributed by atoms with Crippen LogP contribution in [-0.2, 0) is 11.3 Å². The van der Waals surface area contributed by atoms with Gasteiger partial charge in [-0.1, -0.05) is 18.2 Å². The van der Waals surface area contributed by atoms with Gasteiger partial charge in [-0.05, 0) is 18.1 Å². The van der Waals surface area contributed by atoms with Crippen LogP contribution in [0.25, 0.3) is 0 Å². The maximum absolute atomic E-state index is 11.3. The summed E-state index contributed by atoms with van der Waals surface area (Å²) >= 11 is 0. The first-order valence-corrected chi connectivity index (χ1v) is 5.97. The number of carbonyl (C=O) groups is 1. The normalized spacial score (nSPS) is 20.6. The number of amides is 1. The molecule has 4 heteroatoms. The maximum atomic E-state index is 11.3. The number of likely N-dealkylation sites (tertiary alicyclic amines) is 1. The Morgan fingerprint density at radius 3 is 2.94 bits per heavy atom. The van der Waals surface area contributed by atoms with Gasteiger partial charge in [0.2, 0.25) is 5.91 Å². The molecule has 92 valence electrons. The molecule has 0 radical (unpaired) electrons. The van der Waals surface area contributed by atoms with Crippen molar-refractivity contribution in [1.29, 1.82) is 0 Å². The first-order chi connectivity index (χ1) is 8.16. The maximum Gasteiger partial charge on any atom is 0.222 e. The number of carbonyl (C=O) groups excluding carboxylic acids is 1. The molecule has 17 heavy (non-hydrogen) atoms. The summed E-state index contributed by atoms with van der Waals surface area (Å²) in [5, 5.41) is 3.46. The topological polar surface area (TPSA) is 58.4 Å². The standard InChI is InChI=1S/C13H19N3O/c1-16-9-11(6-7-13(16)17)15-8-10-4-2-3-5-12(10)14/h2-5,11,15H,6-9,14H2,1H3. The Balaban J connectivity index is 1.87. The first-order valence-electron chi connectivity index (χ1n) is 5.97. The average molecular weight is 233 g/mol. The number of hydrogen-bond donors (Lipinski definition) is 2. The van der Waals surface area contributed by atoms with Crippen LogP contribution < -0.4 is 11.1 Å². The van der Waals surface area contributed by atoms with Crippen LogP contribution in [-0.4, -0.2) is 30.4 Å². The van der Waals surface area contributed by atoms with Crippen molar-refractivity contribution in [3.8, 4) is 0 Å². The second-order valence-electron chi connectivity index (χ2n) is 4.59. The summed E-state index contributed by atoms with van der Waals surface area (Å²) in [7, 11) is 1.85. The van der Waals surface area contributed by atoms with E-state index in [-0.39, 0.29) is 5.91 Å². The summed E-state index contributed by atoms with van der Waals surface area (Å²) in [5.74, 6) is 0.238. The number of rotatable bonds is 3. The molecule has 1 unspecified atom stereocenters. The van der Waals surface area contributed by atoms with Crippen LogP contribution in [0.15, 0.2) is 24.3 Å². The Hall–Kier alpha value is -1.55. The smallest absolute Gasteiger partial charge is 0.222 e. The summed E-state index contributed by atoms with van der Waals surface area (Å²) < 4.78 is 0. The Morgan fingerprint density at radius 2 is 2.24 bits per heavy atom. The summed E-state index contributed by atoms with van der Waals surface area (Å²) in [6.45, 7) is 1.55. The Labute approximate surface area is 102 Å². The number of nitrogens with one attached hydrogen (secondary N) is 1. The van der Waals surface area contributed by atoms with Crippen LogP contribution in [0.5, 0.6) is 0 Å². The van der Waals surface area contributed by atoms with E-state index in [2.05, 4.69) is 5.32 Å². The van der Waals surface area contributed by atoms with E-state index in [0.717, 1.165) is 30.8 Å².